The molecule has 16 nitrogen and oxygen atoms in total. The molecule has 0 aromatic rings. The lowest BCUT2D eigenvalue weighted by atomic mass is 10.0. The highest BCUT2D eigenvalue weighted by atomic mass is 31.2. The first-order valence-corrected chi connectivity index (χ1v) is 53.0. The van der Waals surface area contributed by atoms with Gasteiger partial charge in [0, 0.05) is 19.3 Å². The molecular weight excluding hydrogens is 1630 g/mol. The van der Waals surface area contributed by atoms with Crippen molar-refractivity contribution in [2.45, 2.75) is 411 Å². The fourth-order valence-electron chi connectivity index (χ4n) is 13.2. The molecule has 4 N–H and O–H groups in total. The van der Waals surface area contributed by atoms with Crippen molar-refractivity contribution in [3.05, 3.63) is 219 Å². The lowest BCUT2D eigenvalue weighted by Gasteiger charge is -2.21. The number of allylic oxidation sites excluding steroid dienone is 36. The van der Waals surface area contributed by atoms with Crippen molar-refractivity contribution >= 4 is 33.6 Å². The number of carbonyl (C=O) groups is 3. The van der Waals surface area contributed by atoms with Gasteiger partial charge in [-0.05, 0) is 173 Å². The number of rotatable bonds is 93. The molecule has 0 aromatic carbocycles. The van der Waals surface area contributed by atoms with Gasteiger partial charge in [0.25, 0.3) is 0 Å². The van der Waals surface area contributed by atoms with Crippen LogP contribution in [0.4, 0.5) is 0 Å². The van der Waals surface area contributed by atoms with Crippen molar-refractivity contribution in [2.24, 2.45) is 0 Å². The summed E-state index contributed by atoms with van der Waals surface area (Å²) in [6.07, 6.45) is 136. The summed E-state index contributed by atoms with van der Waals surface area (Å²) in [5.41, 5.74) is 0. The second-order valence-electron chi connectivity index (χ2n) is 32.8. The van der Waals surface area contributed by atoms with Crippen LogP contribution in [0.2, 0.25) is 0 Å². The molecule has 127 heavy (non-hydrogen) atoms. The minimum Gasteiger partial charge on any atom is -0.463 e. The Bertz CT molecular complexity index is 3190. The Hall–Kier alpha value is -6.13. The summed E-state index contributed by atoms with van der Waals surface area (Å²) in [6, 6.07) is 0. The van der Waals surface area contributed by atoms with E-state index >= 15 is 0 Å². The van der Waals surface area contributed by atoms with Gasteiger partial charge in [0.05, 0.1) is 26.4 Å². The Balaban J connectivity index is 4.63. The summed E-state index contributed by atoms with van der Waals surface area (Å²) in [7, 11) is -9.83. The molecule has 0 saturated heterocycles. The van der Waals surface area contributed by atoms with Gasteiger partial charge in [0.2, 0.25) is 0 Å². The van der Waals surface area contributed by atoms with Crippen molar-refractivity contribution < 1.29 is 75.8 Å². The van der Waals surface area contributed by atoms with Gasteiger partial charge in [-0.25, -0.2) is 9.13 Å². The zero-order valence-corrected chi connectivity index (χ0v) is 81.6. The van der Waals surface area contributed by atoms with Crippen LogP contribution < -0.4 is 0 Å². The highest BCUT2D eigenvalue weighted by Crippen LogP contribution is 2.45. The summed E-state index contributed by atoms with van der Waals surface area (Å²) >= 11 is 0. The number of hydrogen-bond acceptors (Lipinski definition) is 14. The number of ether oxygens (including phenoxy) is 3. The van der Waals surface area contributed by atoms with Crippen molar-refractivity contribution in [3.63, 3.8) is 0 Å². The molecule has 0 saturated carbocycles. The van der Waals surface area contributed by atoms with Crippen molar-refractivity contribution in [1.29, 1.82) is 0 Å². The van der Waals surface area contributed by atoms with Gasteiger partial charge >= 0.3 is 33.6 Å². The summed E-state index contributed by atoms with van der Waals surface area (Å²) in [5.74, 6) is -1.59. The van der Waals surface area contributed by atoms with Crippen LogP contribution in [0, 0.1) is 0 Å². The average Bonchev–Trinajstić information content (AvgIpc) is 0.898. The third kappa shape index (κ3) is 100. The maximum Gasteiger partial charge on any atom is 0.472 e. The van der Waals surface area contributed by atoms with E-state index in [-0.39, 0.29) is 19.3 Å². The van der Waals surface area contributed by atoms with E-state index in [1.54, 1.807) is 0 Å². The molecule has 0 spiro atoms. The Kier molecular flexibility index (Phi) is 94.1. The number of phosphoric acid groups is 2. The third-order valence-corrected chi connectivity index (χ3v) is 22.6. The van der Waals surface area contributed by atoms with Crippen LogP contribution in [0.15, 0.2) is 219 Å². The summed E-state index contributed by atoms with van der Waals surface area (Å²) in [5, 5.41) is 20.8. The van der Waals surface area contributed by atoms with Crippen LogP contribution in [0.3, 0.4) is 0 Å². The largest absolute Gasteiger partial charge is 0.472 e. The predicted octanol–water partition coefficient (Wildman–Crippen LogP) is 31.7. The minimum absolute atomic E-state index is 0.0860. The van der Waals surface area contributed by atoms with E-state index in [0.29, 0.717) is 19.3 Å². The standard InChI is InChI=1S/C109H180O16P2/c1-4-7-10-13-16-19-22-25-28-31-34-37-40-43-46-48-49-50-51-52-53-55-58-59-62-65-68-71-74-77-80-83-86-89-92-95-107(112)119-98-104(110)99-121-126(115,116)122-100-105(111)101-123-127(117,118)124-103-106(125-109(114)97-94-91-88-85-82-79-76-73-70-67-64-61-56-45-42-39-36-33-30-27-24-21-18-15-12-9-6-3)102-120-108(113)96-93-90-87-84-81-78-75-72-69-66-63-60-57-54-47-44-41-38-35-32-29-26-23-20-17-14-11-8-5-2/h7-12,16-21,25-30,34-39,43-47,49-50,56-57,60,64,67,104-106,110-111H,4-6,13-15,22-24,31-33,40-42,48,51-55,58-59,61-63,65-66,68-103H2,1-3H3,(H,115,116)(H,117,118)/b10-7-,11-8-,12-9-,19-16-,20-17-,21-18-,28-25-,29-26-,30-27-,37-34-,38-35-,39-36-,46-43-,47-44-,50-49-,56-45-,60-57-,67-64-. The first-order chi connectivity index (χ1) is 62.2. The number of esters is 3. The minimum atomic E-state index is -4.96. The molecule has 0 amide bonds. The number of unbranched alkanes of at least 4 members (excludes halogenated alkanes) is 34. The summed E-state index contributed by atoms with van der Waals surface area (Å²) in [4.78, 5) is 59.2. The zero-order valence-electron chi connectivity index (χ0n) is 79.9. The molecule has 5 unspecified atom stereocenters. The third-order valence-electron chi connectivity index (χ3n) is 20.7. The molecular formula is C109H180O16P2. The normalized spacial score (nSPS) is 14.6. The molecule has 0 rings (SSSR count). The van der Waals surface area contributed by atoms with Crippen molar-refractivity contribution in [3.8, 4) is 0 Å². The topological polar surface area (TPSA) is 231 Å². The van der Waals surface area contributed by atoms with Gasteiger partial charge in [-0.3, -0.25) is 32.5 Å². The fourth-order valence-corrected chi connectivity index (χ4v) is 14.8. The number of aliphatic hydroxyl groups excluding tert-OH is 2. The maximum absolute atomic E-state index is 13.1. The molecule has 0 aromatic heterocycles. The van der Waals surface area contributed by atoms with E-state index in [0.717, 1.165) is 218 Å². The lowest BCUT2D eigenvalue weighted by Crippen LogP contribution is -2.30. The highest BCUT2D eigenvalue weighted by Gasteiger charge is 2.30. The van der Waals surface area contributed by atoms with Gasteiger partial charge < -0.3 is 34.2 Å². The van der Waals surface area contributed by atoms with E-state index in [9.17, 15) is 43.5 Å². The summed E-state index contributed by atoms with van der Waals surface area (Å²) < 4.78 is 61.6. The van der Waals surface area contributed by atoms with Crippen LogP contribution in [-0.4, -0.2) is 95.9 Å². The Morgan fingerprint density at radius 3 is 0.622 bits per heavy atom. The van der Waals surface area contributed by atoms with Crippen LogP contribution in [0.1, 0.15) is 393 Å². The van der Waals surface area contributed by atoms with Gasteiger partial charge in [-0.1, -0.05) is 419 Å². The zero-order chi connectivity index (χ0) is 92.1. The lowest BCUT2D eigenvalue weighted by molar-refractivity contribution is -0.161. The molecule has 5 atom stereocenters. The quantitative estimate of drug-likeness (QED) is 0.0146. The molecule has 0 aliphatic carbocycles. The van der Waals surface area contributed by atoms with Crippen LogP contribution in [0.25, 0.3) is 0 Å². The fraction of sp³-hybridized carbons (Fsp3) is 0.642. The van der Waals surface area contributed by atoms with E-state index in [1.807, 2.05) is 0 Å². The molecule has 0 aliphatic rings. The molecule has 0 radical (unpaired) electrons. The SMILES string of the molecule is CC/C=C\C/C=C\C/C=C\C/C=C\C/C=C\C/C=C\CCCCCCCCCCCCCCCCCCC(=O)OCC(O)COP(=O)(O)OCC(O)COP(=O)(O)OCC(COC(=O)CCCCCCCCCCCC/C=C\C/C=C\C/C=C\C/C=C\C/C=C\C/C=C\CC)OC(=O)CCCCCCCCCC/C=C\C/C=C\C/C=C\C/C=C\C/C=C\C/C=C\CC. The number of hydrogen-bond donors (Lipinski definition) is 4. The number of phosphoric ester groups is 2. The Labute approximate surface area is 774 Å². The molecule has 0 heterocycles. The molecule has 722 valence electrons. The first kappa shape index (κ1) is 121. The van der Waals surface area contributed by atoms with E-state index in [2.05, 4.69) is 240 Å². The van der Waals surface area contributed by atoms with Crippen LogP contribution in [0.5, 0.6) is 0 Å². The van der Waals surface area contributed by atoms with Gasteiger partial charge in [-0.15, -0.1) is 0 Å². The smallest absolute Gasteiger partial charge is 0.463 e. The average molecular weight is 1810 g/mol. The molecule has 0 aliphatic heterocycles. The maximum atomic E-state index is 13.1. The van der Waals surface area contributed by atoms with Gasteiger partial charge in [0.1, 0.15) is 25.4 Å². The summed E-state index contributed by atoms with van der Waals surface area (Å²) in [6.45, 7) is 2.36. The highest BCUT2D eigenvalue weighted by molar-refractivity contribution is 7.47. The molecule has 0 fully saturated rings. The van der Waals surface area contributed by atoms with E-state index in [1.165, 1.54) is 116 Å². The molecule has 18 heteroatoms. The van der Waals surface area contributed by atoms with Crippen molar-refractivity contribution in [2.75, 3.05) is 39.6 Å². The van der Waals surface area contributed by atoms with Crippen LogP contribution >= 0.6 is 15.6 Å². The Morgan fingerprint density at radius 2 is 0.394 bits per heavy atom. The Morgan fingerprint density at radius 1 is 0.220 bits per heavy atom. The molecule has 0 bridgehead atoms. The van der Waals surface area contributed by atoms with Crippen molar-refractivity contribution in [1.82, 2.24) is 0 Å². The predicted molar refractivity (Wildman–Crippen MR) is 537 cm³/mol. The van der Waals surface area contributed by atoms with Gasteiger partial charge in [-0.2, -0.15) is 0 Å². The number of carbonyl (C=O) groups excluding carboxylic acids is 3. The second kappa shape index (κ2) is 98.9. The number of aliphatic hydroxyl groups is 2. The monoisotopic (exact) mass is 1810 g/mol. The second-order valence-corrected chi connectivity index (χ2v) is 35.7. The first-order valence-electron chi connectivity index (χ1n) is 50.0. The van der Waals surface area contributed by atoms with E-state index < -0.39 is 91.5 Å². The van der Waals surface area contributed by atoms with Crippen LogP contribution in [-0.2, 0) is 55.8 Å². The van der Waals surface area contributed by atoms with Gasteiger partial charge in [0.15, 0.2) is 6.10 Å². The van der Waals surface area contributed by atoms with E-state index in [4.69, 9.17) is 32.3 Å².